The van der Waals surface area contributed by atoms with E-state index in [0.29, 0.717) is 0 Å². The predicted octanol–water partition coefficient (Wildman–Crippen LogP) is 21.0. The number of fused-ring (bicyclic) bond motifs is 13. The fourth-order valence-corrected chi connectivity index (χ4v) is 17.8. The van der Waals surface area contributed by atoms with E-state index in [-0.39, 0.29) is 43.8 Å². The van der Waals surface area contributed by atoms with Crippen LogP contribution in [0.1, 0.15) is 212 Å². The van der Waals surface area contributed by atoms with E-state index in [4.69, 9.17) is 0 Å². The molecule has 80 heavy (non-hydrogen) atoms. The maximum atomic E-state index is 2.75. The quantitative estimate of drug-likeness (QED) is 0.170. The minimum Gasteiger partial charge on any atom is -0.309 e. The number of allylic oxidation sites excluding steroid dienone is 1. The first-order valence-corrected chi connectivity index (χ1v) is 30.7. The Balaban J connectivity index is 1.05. The van der Waals surface area contributed by atoms with Crippen LogP contribution in [0.4, 0.5) is 28.4 Å². The summed E-state index contributed by atoms with van der Waals surface area (Å²) in [7, 11) is 0. The molecule has 0 bridgehead atoms. The van der Waals surface area contributed by atoms with Gasteiger partial charge in [0, 0.05) is 59.9 Å². The Hall–Kier alpha value is -6.68. The van der Waals surface area contributed by atoms with Crippen LogP contribution in [-0.4, -0.2) is 0 Å². The lowest BCUT2D eigenvalue weighted by atomic mass is 9.54. The van der Waals surface area contributed by atoms with Gasteiger partial charge in [-0.3, -0.25) is 0 Å². The summed E-state index contributed by atoms with van der Waals surface area (Å²) in [4.78, 5) is 5.50. The average molecular weight is 1060 g/mol. The zero-order valence-corrected chi connectivity index (χ0v) is 51.1. The number of hydrogen-bond donors (Lipinski definition) is 0. The van der Waals surface area contributed by atoms with Gasteiger partial charge in [-0.25, -0.2) is 0 Å². The molecule has 0 saturated carbocycles. The Kier molecular flexibility index (Phi) is 9.97. The largest absolute Gasteiger partial charge is 0.309 e. The van der Waals surface area contributed by atoms with Crippen LogP contribution < -0.4 is 9.80 Å². The van der Waals surface area contributed by atoms with Gasteiger partial charge in [-0.1, -0.05) is 195 Å². The van der Waals surface area contributed by atoms with Gasteiger partial charge in [0.15, 0.2) is 0 Å². The second kappa shape index (κ2) is 15.9. The number of benzene rings is 8. The van der Waals surface area contributed by atoms with Gasteiger partial charge in [-0.05, 0) is 174 Å². The third kappa shape index (κ3) is 6.53. The van der Waals surface area contributed by atoms with E-state index in [0.717, 1.165) is 6.42 Å². The van der Waals surface area contributed by atoms with Crippen molar-refractivity contribution in [2.45, 2.75) is 174 Å². The van der Waals surface area contributed by atoms with Crippen molar-refractivity contribution in [1.82, 2.24) is 0 Å². The Morgan fingerprint density at radius 1 is 0.463 bits per heavy atom. The maximum absolute atomic E-state index is 2.75. The fraction of sp³-hybridized carbons (Fsp3) is 0.351. The molecule has 0 spiro atoms. The van der Waals surface area contributed by atoms with Crippen molar-refractivity contribution < 1.29 is 0 Å². The van der Waals surface area contributed by atoms with Gasteiger partial charge in [-0.2, -0.15) is 0 Å². The van der Waals surface area contributed by atoms with Gasteiger partial charge < -0.3 is 9.80 Å². The Morgan fingerprint density at radius 2 is 1.02 bits per heavy atom. The summed E-state index contributed by atoms with van der Waals surface area (Å²) in [6, 6.07) is 56.4. The Morgan fingerprint density at radius 3 is 1.68 bits per heavy atom. The van der Waals surface area contributed by atoms with Crippen LogP contribution in [0.2, 0.25) is 0 Å². The van der Waals surface area contributed by atoms with Gasteiger partial charge in [0.1, 0.15) is 0 Å². The van der Waals surface area contributed by atoms with Crippen molar-refractivity contribution in [3.63, 3.8) is 0 Å². The maximum Gasteiger partial charge on any atom is 0.0640 e. The molecule has 1 aromatic heterocycles. The zero-order chi connectivity index (χ0) is 55.9. The minimum absolute atomic E-state index is 0.00613. The molecule has 15 rings (SSSR count). The highest BCUT2D eigenvalue weighted by Crippen LogP contribution is 2.66. The normalized spacial score (nSPS) is 20.5. The predicted molar refractivity (Wildman–Crippen MR) is 342 cm³/mol. The molecule has 1 unspecified atom stereocenters. The first-order chi connectivity index (χ1) is 37.7. The number of aryl methyl sites for hydroxylation is 1. The van der Waals surface area contributed by atoms with E-state index >= 15 is 0 Å². The molecule has 6 aliphatic rings. The molecule has 2 aliphatic heterocycles. The molecule has 9 aromatic rings. The molecule has 0 radical (unpaired) electrons. The van der Waals surface area contributed by atoms with E-state index in [1.54, 1.807) is 0 Å². The first kappa shape index (κ1) is 50.3. The molecule has 0 saturated heterocycles. The van der Waals surface area contributed by atoms with Crippen molar-refractivity contribution in [1.29, 1.82) is 0 Å². The van der Waals surface area contributed by atoms with Crippen molar-refractivity contribution >= 4 is 65.6 Å². The molecule has 1 atom stereocenters. The molecule has 0 fully saturated rings. The van der Waals surface area contributed by atoms with E-state index in [9.17, 15) is 0 Å². The van der Waals surface area contributed by atoms with Crippen LogP contribution in [0.5, 0.6) is 0 Å². The number of hydrogen-bond acceptors (Lipinski definition) is 3. The SMILES string of the molecule is Cc1cc2c3c(c1)N(c1cccc4c1sc1ccccc14)c1cc4c(cc1C3C1=C(c3cc(C(C)(C)C)ccc3C1)N2c1ccc2c(c1)C(C)(C)CCC2(C)C)C(C)(C)c1cc2c(cc1C4(C)C)C(C)(C)c1ccccc1C2(C)C. The molecule has 0 N–H and O–H groups in total. The molecular weight excluding hydrogens is 985 g/mol. The van der Waals surface area contributed by atoms with E-state index in [2.05, 4.69) is 260 Å². The minimum atomic E-state index is -0.301. The summed E-state index contributed by atoms with van der Waals surface area (Å²) in [5.74, 6) is 0.0311. The van der Waals surface area contributed by atoms with Crippen LogP contribution in [0.25, 0.3) is 25.9 Å². The second-order valence-electron chi connectivity index (χ2n) is 29.7. The van der Waals surface area contributed by atoms with E-state index < -0.39 is 0 Å². The summed E-state index contributed by atoms with van der Waals surface area (Å²) >= 11 is 1.95. The topological polar surface area (TPSA) is 6.48 Å². The number of rotatable bonds is 2. The van der Waals surface area contributed by atoms with Gasteiger partial charge in [0.05, 0.1) is 33.1 Å². The highest BCUT2D eigenvalue weighted by molar-refractivity contribution is 7.26. The van der Waals surface area contributed by atoms with Crippen LogP contribution in [0, 0.1) is 6.92 Å². The Bertz CT molecular complexity index is 4280. The first-order valence-electron chi connectivity index (χ1n) is 29.9. The lowest BCUT2D eigenvalue weighted by molar-refractivity contribution is 0.332. The van der Waals surface area contributed by atoms with Crippen LogP contribution >= 0.6 is 11.3 Å². The standard InChI is InChI=1S/C77H78N2S/c1-43-34-64-68-65(35-43)79(62-26-21-23-48-47-22-17-20-27-66(47)80-70(48)62)63-42-61-56(76(13,14)59-40-57-58(41-60(59)77(61,15)16)75(11,12)54-25-19-18-24-53(54)74(57,9)10)39-50(63)67(68)51-36-44-28-29-45(71(2,3)4)37-49(44)69(51)78(64)46-30-31-52-55(38-46)73(7,8)33-32-72(52,5)6/h17-31,34-35,37-42,67H,32-33,36H2,1-16H3. The fourth-order valence-electron chi connectivity index (χ4n) is 16.6. The highest BCUT2D eigenvalue weighted by Gasteiger charge is 2.51. The van der Waals surface area contributed by atoms with Crippen LogP contribution in [-0.2, 0) is 44.3 Å². The van der Waals surface area contributed by atoms with Gasteiger partial charge in [-0.15, -0.1) is 11.3 Å². The summed E-state index contributed by atoms with van der Waals surface area (Å²) < 4.78 is 2.67. The number of nitrogens with zero attached hydrogens (tertiary/aromatic N) is 2. The average Bonchev–Trinajstić information content (AvgIpc) is 4.17. The van der Waals surface area contributed by atoms with Gasteiger partial charge >= 0.3 is 0 Å². The number of thiophene rings is 1. The van der Waals surface area contributed by atoms with Crippen LogP contribution in [0.15, 0.2) is 145 Å². The lowest BCUT2D eigenvalue weighted by Crippen LogP contribution is -2.41. The second-order valence-corrected chi connectivity index (χ2v) is 30.7. The molecule has 4 aliphatic carbocycles. The monoisotopic (exact) mass is 1060 g/mol. The lowest BCUT2D eigenvalue weighted by Gasteiger charge is -2.50. The summed E-state index contributed by atoms with van der Waals surface area (Å²) in [5.41, 5.74) is 31.6. The smallest absolute Gasteiger partial charge is 0.0640 e. The molecular formula is C77H78N2S. The molecule has 3 heteroatoms. The van der Waals surface area contributed by atoms with Gasteiger partial charge in [0.25, 0.3) is 0 Å². The van der Waals surface area contributed by atoms with Gasteiger partial charge in [0.2, 0.25) is 0 Å². The zero-order valence-electron chi connectivity index (χ0n) is 50.3. The third-order valence-corrected chi connectivity index (χ3v) is 22.7. The van der Waals surface area contributed by atoms with Crippen molar-refractivity contribution in [2.24, 2.45) is 0 Å². The van der Waals surface area contributed by atoms with Crippen molar-refractivity contribution in [3.8, 4) is 0 Å². The molecule has 8 aromatic carbocycles. The summed E-state index contributed by atoms with van der Waals surface area (Å²) in [6.07, 6.45) is 3.28. The molecule has 402 valence electrons. The van der Waals surface area contributed by atoms with Crippen molar-refractivity contribution in [3.05, 3.63) is 234 Å². The Labute approximate surface area is 480 Å². The molecule has 0 amide bonds. The highest BCUT2D eigenvalue weighted by atomic mass is 32.1. The third-order valence-electron chi connectivity index (χ3n) is 21.4. The molecule has 3 heterocycles. The van der Waals surface area contributed by atoms with Crippen molar-refractivity contribution in [2.75, 3.05) is 9.80 Å². The van der Waals surface area contributed by atoms with E-state index in [1.165, 1.54) is 162 Å². The number of anilines is 5. The molecule has 2 nitrogen and oxygen atoms in total. The van der Waals surface area contributed by atoms with Crippen LogP contribution in [0.3, 0.4) is 0 Å². The summed E-state index contributed by atoms with van der Waals surface area (Å²) in [5, 5.41) is 2.65. The summed E-state index contributed by atoms with van der Waals surface area (Å²) in [6.45, 7) is 39.4. The van der Waals surface area contributed by atoms with E-state index in [1.807, 2.05) is 11.3 Å².